The van der Waals surface area contributed by atoms with E-state index in [1.165, 1.54) is 5.06 Å². The number of allylic oxidation sites excluding steroid dienone is 2. The maximum Gasteiger partial charge on any atom is 0.0801 e. The van der Waals surface area contributed by atoms with Gasteiger partial charge in [0.15, 0.2) is 0 Å². The second-order valence-corrected chi connectivity index (χ2v) is 3.76. The van der Waals surface area contributed by atoms with Crippen LogP contribution in [0.15, 0.2) is 22.8 Å². The molecular formula is C7H10BrNO. The summed E-state index contributed by atoms with van der Waals surface area (Å²) in [6, 6.07) is 0. The predicted octanol–water partition coefficient (Wildman–Crippen LogP) is 2.26. The third kappa shape index (κ3) is 1.41. The first-order valence-electron chi connectivity index (χ1n) is 3.07. The molecule has 0 saturated carbocycles. The summed E-state index contributed by atoms with van der Waals surface area (Å²) >= 11 is 3.33. The minimum atomic E-state index is -0.298. The molecule has 0 aromatic carbocycles. The Bertz CT molecular complexity index is 196. The van der Waals surface area contributed by atoms with Gasteiger partial charge in [-0.1, -0.05) is 15.9 Å². The minimum absolute atomic E-state index is 0.298. The van der Waals surface area contributed by atoms with Crippen LogP contribution in [0.5, 0.6) is 0 Å². The lowest BCUT2D eigenvalue weighted by Gasteiger charge is -2.31. The zero-order valence-electron chi connectivity index (χ0n) is 6.00. The Balaban J connectivity index is 2.88. The number of hydrogen-bond donors (Lipinski definition) is 1. The van der Waals surface area contributed by atoms with Crippen molar-refractivity contribution in [3.63, 3.8) is 0 Å². The van der Waals surface area contributed by atoms with E-state index in [9.17, 15) is 5.21 Å². The van der Waals surface area contributed by atoms with Gasteiger partial charge in [0.2, 0.25) is 0 Å². The molecule has 0 bridgehead atoms. The molecule has 10 heavy (non-hydrogen) atoms. The van der Waals surface area contributed by atoms with E-state index in [0.717, 1.165) is 4.48 Å². The zero-order chi connectivity index (χ0) is 7.78. The lowest BCUT2D eigenvalue weighted by Crippen LogP contribution is -2.37. The summed E-state index contributed by atoms with van der Waals surface area (Å²) < 4.78 is 1.00. The maximum atomic E-state index is 9.24. The smallest absolute Gasteiger partial charge is 0.0801 e. The molecule has 0 saturated heterocycles. The fourth-order valence-electron chi connectivity index (χ4n) is 0.786. The number of rotatable bonds is 0. The molecule has 1 rings (SSSR count). The van der Waals surface area contributed by atoms with Gasteiger partial charge in [-0.05, 0) is 26.0 Å². The van der Waals surface area contributed by atoms with Crippen LogP contribution >= 0.6 is 15.9 Å². The quantitative estimate of drug-likeness (QED) is 0.654. The van der Waals surface area contributed by atoms with Crippen LogP contribution < -0.4 is 0 Å². The topological polar surface area (TPSA) is 23.5 Å². The molecule has 1 aliphatic rings. The van der Waals surface area contributed by atoms with Gasteiger partial charge in [-0.2, -0.15) is 0 Å². The van der Waals surface area contributed by atoms with Crippen molar-refractivity contribution in [3.05, 3.63) is 22.8 Å². The Labute approximate surface area is 68.9 Å². The van der Waals surface area contributed by atoms with Gasteiger partial charge in [0.25, 0.3) is 0 Å². The van der Waals surface area contributed by atoms with Crippen molar-refractivity contribution < 1.29 is 5.21 Å². The molecular weight excluding hydrogens is 194 g/mol. The molecule has 0 atom stereocenters. The van der Waals surface area contributed by atoms with E-state index in [1.807, 2.05) is 19.9 Å². The third-order valence-electron chi connectivity index (χ3n) is 1.46. The molecule has 1 heterocycles. The first-order valence-corrected chi connectivity index (χ1v) is 3.86. The molecule has 0 aliphatic carbocycles. The minimum Gasteiger partial charge on any atom is -0.288 e. The summed E-state index contributed by atoms with van der Waals surface area (Å²) in [6.45, 7) is 3.86. The Morgan fingerprint density at radius 3 is 2.60 bits per heavy atom. The van der Waals surface area contributed by atoms with Crippen LogP contribution in [0, 0.1) is 0 Å². The van der Waals surface area contributed by atoms with Gasteiger partial charge in [0.1, 0.15) is 0 Å². The van der Waals surface area contributed by atoms with Crippen LogP contribution in [0.2, 0.25) is 0 Å². The monoisotopic (exact) mass is 203 g/mol. The largest absolute Gasteiger partial charge is 0.288 e. The predicted molar refractivity (Wildman–Crippen MR) is 43.9 cm³/mol. The number of hydroxylamine groups is 2. The highest BCUT2D eigenvalue weighted by Gasteiger charge is 2.22. The van der Waals surface area contributed by atoms with Crippen molar-refractivity contribution in [1.29, 1.82) is 0 Å². The average molecular weight is 204 g/mol. The normalized spacial score (nSPS) is 22.8. The summed E-state index contributed by atoms with van der Waals surface area (Å²) in [5.74, 6) is 0. The van der Waals surface area contributed by atoms with Gasteiger partial charge in [-0.15, -0.1) is 0 Å². The number of hydrogen-bond acceptors (Lipinski definition) is 2. The lowest BCUT2D eigenvalue weighted by molar-refractivity contribution is -0.0993. The van der Waals surface area contributed by atoms with E-state index >= 15 is 0 Å². The first-order chi connectivity index (χ1) is 4.52. The zero-order valence-corrected chi connectivity index (χ0v) is 7.59. The number of halogens is 1. The highest BCUT2D eigenvalue weighted by Crippen LogP contribution is 2.24. The first kappa shape index (κ1) is 7.82. The third-order valence-corrected chi connectivity index (χ3v) is 1.95. The molecule has 3 heteroatoms. The second-order valence-electron chi connectivity index (χ2n) is 2.84. The van der Waals surface area contributed by atoms with Crippen LogP contribution in [-0.4, -0.2) is 15.8 Å². The fraction of sp³-hybridized carbons (Fsp3) is 0.429. The van der Waals surface area contributed by atoms with Crippen LogP contribution in [0.4, 0.5) is 0 Å². The van der Waals surface area contributed by atoms with E-state index in [2.05, 4.69) is 15.9 Å². The summed E-state index contributed by atoms with van der Waals surface area (Å²) in [7, 11) is 0. The summed E-state index contributed by atoms with van der Waals surface area (Å²) in [4.78, 5) is 0. The molecule has 56 valence electrons. The van der Waals surface area contributed by atoms with Gasteiger partial charge in [-0.3, -0.25) is 10.3 Å². The standard InChI is InChI=1S/C7H10BrNO/c1-7(2)5-6(8)3-4-9(7)10/h3-5,10H,1-2H3. The molecule has 0 radical (unpaired) electrons. The van der Waals surface area contributed by atoms with Gasteiger partial charge < -0.3 is 0 Å². The van der Waals surface area contributed by atoms with Crippen molar-refractivity contribution in [3.8, 4) is 0 Å². The molecule has 0 aromatic heterocycles. The summed E-state index contributed by atoms with van der Waals surface area (Å²) in [5.41, 5.74) is -0.298. The average Bonchev–Trinajstić information content (AvgIpc) is 1.78. The van der Waals surface area contributed by atoms with Crippen molar-refractivity contribution in [2.75, 3.05) is 0 Å². The van der Waals surface area contributed by atoms with Gasteiger partial charge in [0.05, 0.1) is 5.54 Å². The Kier molecular flexibility index (Phi) is 1.88. The molecule has 2 nitrogen and oxygen atoms in total. The van der Waals surface area contributed by atoms with Gasteiger partial charge >= 0.3 is 0 Å². The highest BCUT2D eigenvalue weighted by atomic mass is 79.9. The fourth-order valence-corrected chi connectivity index (χ4v) is 1.46. The van der Waals surface area contributed by atoms with E-state index in [0.29, 0.717) is 0 Å². The van der Waals surface area contributed by atoms with E-state index in [-0.39, 0.29) is 5.54 Å². The number of nitrogens with zero attached hydrogens (tertiary/aromatic N) is 1. The van der Waals surface area contributed by atoms with Crippen molar-refractivity contribution in [1.82, 2.24) is 5.06 Å². The molecule has 0 amide bonds. The highest BCUT2D eigenvalue weighted by molar-refractivity contribution is 9.11. The summed E-state index contributed by atoms with van der Waals surface area (Å²) in [6.07, 6.45) is 5.36. The Morgan fingerprint density at radius 2 is 2.20 bits per heavy atom. The van der Waals surface area contributed by atoms with Crippen LogP contribution in [0.25, 0.3) is 0 Å². The van der Waals surface area contributed by atoms with Crippen molar-refractivity contribution in [2.45, 2.75) is 19.4 Å². The van der Waals surface area contributed by atoms with Gasteiger partial charge in [-0.25, -0.2) is 0 Å². The maximum absolute atomic E-state index is 9.24. The molecule has 1 aliphatic heterocycles. The second kappa shape index (κ2) is 2.40. The molecule has 1 N–H and O–H groups in total. The van der Waals surface area contributed by atoms with Gasteiger partial charge in [0, 0.05) is 10.7 Å². The van der Waals surface area contributed by atoms with Crippen LogP contribution in [-0.2, 0) is 0 Å². The molecule has 0 spiro atoms. The van der Waals surface area contributed by atoms with E-state index < -0.39 is 0 Å². The van der Waals surface area contributed by atoms with Crippen LogP contribution in [0.1, 0.15) is 13.8 Å². The van der Waals surface area contributed by atoms with E-state index in [1.54, 1.807) is 12.3 Å². The Morgan fingerprint density at radius 1 is 1.60 bits per heavy atom. The summed E-state index contributed by atoms with van der Waals surface area (Å²) in [5, 5.41) is 10.4. The molecule has 0 fully saturated rings. The SMILES string of the molecule is CC1(C)C=C(Br)C=CN1O. The molecule has 0 unspecified atom stereocenters. The molecule has 0 aromatic rings. The Hall–Kier alpha value is -0.280. The van der Waals surface area contributed by atoms with Crippen molar-refractivity contribution >= 4 is 15.9 Å². The van der Waals surface area contributed by atoms with Crippen LogP contribution in [0.3, 0.4) is 0 Å². The van der Waals surface area contributed by atoms with Crippen molar-refractivity contribution in [2.24, 2.45) is 0 Å². The van der Waals surface area contributed by atoms with E-state index in [4.69, 9.17) is 0 Å². The lowest BCUT2D eigenvalue weighted by atomic mass is 10.0.